The molecule has 3 aromatic heterocycles. The second kappa shape index (κ2) is 11.5. The Morgan fingerprint density at radius 1 is 1.24 bits per heavy atom. The van der Waals surface area contributed by atoms with E-state index in [1.54, 1.807) is 12.4 Å². The van der Waals surface area contributed by atoms with Crippen molar-refractivity contribution in [2.75, 3.05) is 45.8 Å². The van der Waals surface area contributed by atoms with E-state index in [0.29, 0.717) is 62.2 Å². The number of nitrogens with one attached hydrogen (secondary N) is 2. The molecule has 4 aromatic rings. The highest BCUT2D eigenvalue weighted by Crippen LogP contribution is 2.36. The fraction of sp³-hybridized carbons (Fsp3) is 0.367. The number of imidazole rings is 1. The van der Waals surface area contributed by atoms with Crippen LogP contribution in [-0.4, -0.2) is 71.8 Å². The lowest BCUT2D eigenvalue weighted by Crippen LogP contribution is -2.32. The van der Waals surface area contributed by atoms with Crippen molar-refractivity contribution in [1.29, 1.82) is 0 Å². The van der Waals surface area contributed by atoms with Crippen molar-refractivity contribution in [2.24, 2.45) is 0 Å². The van der Waals surface area contributed by atoms with Crippen LogP contribution in [0.5, 0.6) is 0 Å². The van der Waals surface area contributed by atoms with Crippen molar-refractivity contribution in [1.82, 2.24) is 24.6 Å². The Kier molecular flexibility index (Phi) is 7.67. The molecule has 1 fully saturated rings. The van der Waals surface area contributed by atoms with Crippen molar-refractivity contribution in [3.8, 4) is 11.3 Å². The molecule has 0 aliphatic carbocycles. The largest absolute Gasteiger partial charge is 0.376 e. The van der Waals surface area contributed by atoms with Crippen LogP contribution in [0.15, 0.2) is 48.8 Å². The van der Waals surface area contributed by atoms with Gasteiger partial charge in [-0.05, 0) is 44.8 Å². The normalized spacial score (nSPS) is 17.6. The molecule has 1 saturated heterocycles. The second-order valence-electron chi connectivity index (χ2n) is 10.6. The number of carbonyl (C=O) groups excluding carboxylic acids is 1. The Hall–Kier alpha value is -3.90. The molecule has 0 unspecified atom stereocenters. The molecule has 2 N–H and O–H groups in total. The summed E-state index contributed by atoms with van der Waals surface area (Å²) < 4.78 is 32.9. The number of benzene rings is 1. The molecule has 1 aromatic carbocycles. The van der Waals surface area contributed by atoms with Crippen molar-refractivity contribution >= 4 is 23.1 Å². The standard InChI is InChI=1S/C30H33FN6O4/c1-18(41-17-20-16-39-10-11-40-20)21-5-7-27(35-25(21)15-36(2)3)34-24-6-4-22(23-13-33-30(38)29(23)24)26-14-32-28-12-19(31)8-9-37(26)28/h4-9,12,14,18,20H,10-11,13,15-17H2,1-3H3,(H,33,38)(H,34,35)/t18-,20-/m1/s1. The molecule has 2 atom stereocenters. The molecule has 0 radical (unpaired) electrons. The number of carbonyl (C=O) groups is 1. The second-order valence-corrected chi connectivity index (χ2v) is 10.6. The summed E-state index contributed by atoms with van der Waals surface area (Å²) in [6, 6.07) is 10.5. The van der Waals surface area contributed by atoms with E-state index < -0.39 is 0 Å². The van der Waals surface area contributed by atoms with Crippen LogP contribution in [0.2, 0.25) is 0 Å². The van der Waals surface area contributed by atoms with Gasteiger partial charge < -0.3 is 29.7 Å². The number of aromatic nitrogens is 3. The predicted octanol–water partition coefficient (Wildman–Crippen LogP) is 4.08. The van der Waals surface area contributed by atoms with Gasteiger partial charge in [0, 0.05) is 36.5 Å². The SMILES string of the molecule is C[C@@H](OC[C@H]1COCCO1)c1ccc(Nc2ccc(-c3cnc4cc(F)ccn34)c3c2C(=O)NC3)nc1CN(C)C. The minimum Gasteiger partial charge on any atom is -0.376 e. The third-order valence-corrected chi connectivity index (χ3v) is 7.31. The van der Waals surface area contributed by atoms with E-state index in [1.807, 2.05) is 49.7 Å². The van der Waals surface area contributed by atoms with Gasteiger partial charge in [-0.1, -0.05) is 12.1 Å². The summed E-state index contributed by atoms with van der Waals surface area (Å²) in [6.07, 6.45) is 3.08. The molecule has 0 spiro atoms. The maximum absolute atomic E-state index is 13.7. The van der Waals surface area contributed by atoms with Crippen LogP contribution in [0.25, 0.3) is 16.9 Å². The van der Waals surface area contributed by atoms with Gasteiger partial charge in [0.1, 0.15) is 23.4 Å². The first-order valence-corrected chi connectivity index (χ1v) is 13.7. The Balaban J connectivity index is 1.28. The van der Waals surface area contributed by atoms with Crippen LogP contribution in [0.1, 0.15) is 40.2 Å². The van der Waals surface area contributed by atoms with Gasteiger partial charge in [-0.15, -0.1) is 0 Å². The first-order valence-electron chi connectivity index (χ1n) is 13.7. The minimum absolute atomic E-state index is 0.0738. The number of nitrogens with zero attached hydrogens (tertiary/aromatic N) is 4. The molecule has 5 heterocycles. The molecule has 10 nitrogen and oxygen atoms in total. The molecule has 214 valence electrons. The predicted molar refractivity (Wildman–Crippen MR) is 152 cm³/mol. The number of ether oxygens (including phenoxy) is 3. The monoisotopic (exact) mass is 560 g/mol. The Morgan fingerprint density at radius 3 is 2.93 bits per heavy atom. The van der Waals surface area contributed by atoms with Crippen LogP contribution >= 0.6 is 0 Å². The van der Waals surface area contributed by atoms with Gasteiger partial charge in [-0.25, -0.2) is 14.4 Å². The summed E-state index contributed by atoms with van der Waals surface area (Å²) in [5.41, 5.74) is 6.09. The number of hydrogen-bond acceptors (Lipinski definition) is 8. The highest BCUT2D eigenvalue weighted by atomic mass is 19.1. The fourth-order valence-corrected chi connectivity index (χ4v) is 5.34. The van der Waals surface area contributed by atoms with Gasteiger partial charge >= 0.3 is 0 Å². The third kappa shape index (κ3) is 5.66. The molecule has 11 heteroatoms. The first-order chi connectivity index (χ1) is 19.9. The lowest BCUT2D eigenvalue weighted by molar-refractivity contribution is -0.123. The van der Waals surface area contributed by atoms with E-state index in [0.717, 1.165) is 28.1 Å². The highest BCUT2D eigenvalue weighted by molar-refractivity contribution is 6.06. The van der Waals surface area contributed by atoms with Crippen molar-refractivity contribution in [3.05, 3.63) is 77.0 Å². The molecule has 41 heavy (non-hydrogen) atoms. The smallest absolute Gasteiger partial charge is 0.254 e. The molecule has 2 aliphatic rings. The molecular formula is C30H33FN6O4. The summed E-state index contributed by atoms with van der Waals surface area (Å²) in [5.74, 6) is 0.115. The Bertz CT molecular complexity index is 1580. The number of rotatable bonds is 9. The van der Waals surface area contributed by atoms with Crippen molar-refractivity contribution in [3.63, 3.8) is 0 Å². The number of halogens is 1. The average Bonchev–Trinajstić information content (AvgIpc) is 3.56. The van der Waals surface area contributed by atoms with Gasteiger partial charge in [0.25, 0.3) is 5.91 Å². The van der Waals surface area contributed by atoms with Gasteiger partial charge in [0.2, 0.25) is 0 Å². The van der Waals surface area contributed by atoms with Crippen LogP contribution in [-0.2, 0) is 27.3 Å². The number of amides is 1. The Morgan fingerprint density at radius 2 is 2.12 bits per heavy atom. The zero-order chi connectivity index (χ0) is 28.5. The average molecular weight is 561 g/mol. The quantitative estimate of drug-likeness (QED) is 0.316. The van der Waals surface area contributed by atoms with Crippen LogP contribution in [0, 0.1) is 5.82 Å². The topological polar surface area (TPSA) is 102 Å². The number of pyridine rings is 2. The number of fused-ring (bicyclic) bond motifs is 2. The van der Waals surface area contributed by atoms with E-state index in [2.05, 4.69) is 20.5 Å². The lowest BCUT2D eigenvalue weighted by atomic mass is 9.99. The molecule has 6 rings (SSSR count). The zero-order valence-corrected chi connectivity index (χ0v) is 23.3. The fourth-order valence-electron chi connectivity index (χ4n) is 5.34. The lowest BCUT2D eigenvalue weighted by Gasteiger charge is -2.25. The summed E-state index contributed by atoms with van der Waals surface area (Å²) in [6.45, 7) is 5.19. The van der Waals surface area contributed by atoms with E-state index in [-0.39, 0.29) is 23.9 Å². The summed E-state index contributed by atoms with van der Waals surface area (Å²) in [4.78, 5) is 24.3. The molecular weight excluding hydrogens is 527 g/mol. The van der Waals surface area contributed by atoms with E-state index in [1.165, 1.54) is 12.1 Å². The highest BCUT2D eigenvalue weighted by Gasteiger charge is 2.28. The Labute approximate surface area is 237 Å². The van der Waals surface area contributed by atoms with E-state index >= 15 is 0 Å². The van der Waals surface area contributed by atoms with E-state index in [4.69, 9.17) is 19.2 Å². The summed E-state index contributed by atoms with van der Waals surface area (Å²) >= 11 is 0. The van der Waals surface area contributed by atoms with E-state index in [9.17, 15) is 9.18 Å². The van der Waals surface area contributed by atoms with Crippen LogP contribution in [0.3, 0.4) is 0 Å². The van der Waals surface area contributed by atoms with Gasteiger partial charge in [-0.3, -0.25) is 9.20 Å². The van der Waals surface area contributed by atoms with Crippen LogP contribution < -0.4 is 10.6 Å². The first kappa shape index (κ1) is 27.3. The minimum atomic E-state index is -0.350. The molecule has 0 saturated carbocycles. The van der Waals surface area contributed by atoms with Crippen molar-refractivity contribution < 1.29 is 23.4 Å². The zero-order valence-electron chi connectivity index (χ0n) is 23.3. The van der Waals surface area contributed by atoms with Crippen molar-refractivity contribution in [2.45, 2.75) is 32.2 Å². The maximum Gasteiger partial charge on any atom is 0.254 e. The number of anilines is 2. The molecule has 2 aliphatic heterocycles. The molecule has 0 bridgehead atoms. The maximum atomic E-state index is 13.7. The molecule has 1 amide bonds. The van der Waals surface area contributed by atoms with Gasteiger partial charge in [0.05, 0.1) is 61.4 Å². The summed E-state index contributed by atoms with van der Waals surface area (Å²) in [5, 5.41) is 6.32. The van der Waals surface area contributed by atoms with Gasteiger partial charge in [-0.2, -0.15) is 0 Å². The summed E-state index contributed by atoms with van der Waals surface area (Å²) in [7, 11) is 3.99. The van der Waals surface area contributed by atoms with Gasteiger partial charge in [0.15, 0.2) is 0 Å². The van der Waals surface area contributed by atoms with Crippen LogP contribution in [0.4, 0.5) is 15.9 Å². The number of hydrogen-bond donors (Lipinski definition) is 2. The third-order valence-electron chi connectivity index (χ3n) is 7.31.